The largest absolute Gasteiger partial charge is 0.435 e. The Balaban J connectivity index is 1.53. The molecule has 4 rings (SSSR count). The van der Waals surface area contributed by atoms with Crippen LogP contribution < -0.4 is 10.4 Å². The number of halogens is 3. The lowest BCUT2D eigenvalue weighted by Crippen LogP contribution is -2.01. The summed E-state index contributed by atoms with van der Waals surface area (Å²) in [7, 11) is 0. The van der Waals surface area contributed by atoms with Crippen LogP contribution in [0.4, 0.5) is 8.78 Å². The first-order chi connectivity index (χ1) is 14.9. The number of aryl methyl sites for hydroxylation is 1. The van der Waals surface area contributed by atoms with Crippen molar-refractivity contribution >= 4 is 34.3 Å². The molecule has 0 bridgehead atoms. The maximum absolute atomic E-state index is 12.3. The molecule has 2 aromatic heterocycles. The molecule has 0 atom stereocenters. The molecule has 0 fully saturated rings. The van der Waals surface area contributed by atoms with Crippen LogP contribution in [0.25, 0.3) is 22.4 Å². The van der Waals surface area contributed by atoms with Gasteiger partial charge in [0.15, 0.2) is 0 Å². The molecular formula is C21H15ClF2N2O4S. The lowest BCUT2D eigenvalue weighted by molar-refractivity contribution is -0.0498. The molecule has 0 aliphatic heterocycles. The number of alkyl halides is 2. The molecule has 2 aromatic carbocycles. The summed E-state index contributed by atoms with van der Waals surface area (Å²) in [6, 6.07) is 10.8. The SMILES string of the molecule is CCc1cc2oc(=O)cc(CSc3nnc(-c4ccc(OC(F)F)cc4)o3)c2cc1Cl. The van der Waals surface area contributed by atoms with Gasteiger partial charge in [-0.25, -0.2) is 4.79 Å². The normalized spacial score (nSPS) is 11.4. The fraction of sp³-hybridized carbons (Fsp3) is 0.190. The second kappa shape index (κ2) is 9.07. The lowest BCUT2D eigenvalue weighted by Gasteiger charge is -2.07. The van der Waals surface area contributed by atoms with Crippen molar-refractivity contribution in [1.29, 1.82) is 0 Å². The number of nitrogens with zero attached hydrogens (tertiary/aromatic N) is 2. The third-order valence-corrected chi connectivity index (χ3v) is 5.68. The Labute approximate surface area is 184 Å². The van der Waals surface area contributed by atoms with Gasteiger partial charge in [0.05, 0.1) is 0 Å². The maximum atomic E-state index is 12.3. The fourth-order valence-corrected chi connectivity index (χ4v) is 4.03. The highest BCUT2D eigenvalue weighted by molar-refractivity contribution is 7.98. The van der Waals surface area contributed by atoms with E-state index in [2.05, 4.69) is 14.9 Å². The van der Waals surface area contributed by atoms with Gasteiger partial charge in [-0.1, -0.05) is 30.3 Å². The number of hydrogen-bond acceptors (Lipinski definition) is 7. The van der Waals surface area contributed by atoms with Crippen LogP contribution >= 0.6 is 23.4 Å². The van der Waals surface area contributed by atoms with Gasteiger partial charge in [0, 0.05) is 27.8 Å². The van der Waals surface area contributed by atoms with Gasteiger partial charge in [-0.15, -0.1) is 10.2 Å². The number of rotatable bonds is 7. The predicted octanol–water partition coefficient (Wildman–Crippen LogP) is 5.95. The summed E-state index contributed by atoms with van der Waals surface area (Å²) in [6.07, 6.45) is 0.720. The van der Waals surface area contributed by atoms with Gasteiger partial charge < -0.3 is 13.6 Å². The first-order valence-electron chi connectivity index (χ1n) is 9.19. The number of fused-ring (bicyclic) bond motifs is 1. The summed E-state index contributed by atoms with van der Waals surface area (Å²) < 4.78 is 39.8. The van der Waals surface area contributed by atoms with E-state index in [9.17, 15) is 13.6 Å². The van der Waals surface area contributed by atoms with Crippen LogP contribution in [0.3, 0.4) is 0 Å². The molecule has 0 amide bonds. The van der Waals surface area contributed by atoms with Gasteiger partial charge in [0.1, 0.15) is 11.3 Å². The third kappa shape index (κ3) is 4.88. The van der Waals surface area contributed by atoms with Gasteiger partial charge in [-0.2, -0.15) is 8.78 Å². The van der Waals surface area contributed by atoms with E-state index in [0.29, 0.717) is 27.1 Å². The molecular weight excluding hydrogens is 450 g/mol. The Morgan fingerprint density at radius 1 is 1.10 bits per heavy atom. The standard InChI is InChI=1S/C21H15ClF2N2O4S/c1-2-11-7-17-15(9-16(11)22)13(8-18(27)29-17)10-31-21-26-25-19(30-21)12-3-5-14(6-4-12)28-20(23)24/h3-9,20H,2,10H2,1H3. The zero-order valence-electron chi connectivity index (χ0n) is 16.1. The summed E-state index contributed by atoms with van der Waals surface area (Å²) >= 11 is 7.58. The van der Waals surface area contributed by atoms with Crippen molar-refractivity contribution in [1.82, 2.24) is 10.2 Å². The zero-order chi connectivity index (χ0) is 22.0. The molecule has 4 aromatic rings. The second-order valence-electron chi connectivity index (χ2n) is 6.45. The molecule has 0 aliphatic rings. The molecule has 6 nitrogen and oxygen atoms in total. The van der Waals surface area contributed by atoms with E-state index in [1.807, 2.05) is 6.92 Å². The van der Waals surface area contributed by atoms with Crippen LogP contribution in [-0.4, -0.2) is 16.8 Å². The summed E-state index contributed by atoms with van der Waals surface area (Å²) in [6.45, 7) is -0.922. The van der Waals surface area contributed by atoms with Crippen LogP contribution in [0.2, 0.25) is 5.02 Å². The highest BCUT2D eigenvalue weighted by Crippen LogP contribution is 2.31. The van der Waals surface area contributed by atoms with E-state index in [4.69, 9.17) is 20.4 Å². The number of benzene rings is 2. The molecule has 0 saturated carbocycles. The number of hydrogen-bond donors (Lipinski definition) is 0. The molecule has 31 heavy (non-hydrogen) atoms. The minimum absolute atomic E-state index is 0.0348. The minimum Gasteiger partial charge on any atom is -0.435 e. The van der Waals surface area contributed by atoms with Crippen LogP contribution in [0.15, 0.2) is 61.3 Å². The van der Waals surface area contributed by atoms with Crippen molar-refractivity contribution in [3.8, 4) is 17.2 Å². The fourth-order valence-electron chi connectivity index (χ4n) is 2.98. The monoisotopic (exact) mass is 464 g/mol. The van der Waals surface area contributed by atoms with Gasteiger partial charge in [-0.3, -0.25) is 0 Å². The topological polar surface area (TPSA) is 78.4 Å². The Hall–Kier alpha value is -2.91. The van der Waals surface area contributed by atoms with Crippen LogP contribution in [0.5, 0.6) is 5.75 Å². The Morgan fingerprint density at radius 2 is 1.87 bits per heavy atom. The average molecular weight is 465 g/mol. The molecule has 0 radical (unpaired) electrons. The first-order valence-corrected chi connectivity index (χ1v) is 10.6. The molecule has 0 N–H and O–H groups in total. The average Bonchev–Trinajstić information content (AvgIpc) is 3.21. The Morgan fingerprint density at radius 3 is 2.58 bits per heavy atom. The Kier molecular flexibility index (Phi) is 6.24. The van der Waals surface area contributed by atoms with Crippen molar-refractivity contribution in [2.75, 3.05) is 0 Å². The van der Waals surface area contributed by atoms with Crippen LogP contribution in [0, 0.1) is 0 Å². The van der Waals surface area contributed by atoms with E-state index in [0.717, 1.165) is 22.9 Å². The maximum Gasteiger partial charge on any atom is 0.387 e. The first kappa shape index (κ1) is 21.3. The van der Waals surface area contributed by atoms with Crippen LogP contribution in [-0.2, 0) is 12.2 Å². The van der Waals surface area contributed by atoms with Gasteiger partial charge in [-0.05, 0) is 53.9 Å². The summed E-state index contributed by atoms with van der Waals surface area (Å²) in [5.41, 5.74) is 2.21. The molecule has 10 heteroatoms. The quantitative estimate of drug-likeness (QED) is 0.247. The highest BCUT2D eigenvalue weighted by atomic mass is 35.5. The second-order valence-corrected chi connectivity index (χ2v) is 7.78. The molecule has 160 valence electrons. The van der Waals surface area contributed by atoms with Gasteiger partial charge >= 0.3 is 12.2 Å². The molecule has 0 aliphatic carbocycles. The van der Waals surface area contributed by atoms with Gasteiger partial charge in [0.2, 0.25) is 5.89 Å². The van der Waals surface area contributed by atoms with E-state index in [1.165, 1.54) is 30.0 Å². The molecule has 2 heterocycles. The van der Waals surface area contributed by atoms with Crippen molar-refractivity contribution < 1.29 is 22.4 Å². The summed E-state index contributed by atoms with van der Waals surface area (Å²) in [4.78, 5) is 12.0. The summed E-state index contributed by atoms with van der Waals surface area (Å²) in [5.74, 6) is 0.652. The number of thioether (sulfide) groups is 1. The highest BCUT2D eigenvalue weighted by Gasteiger charge is 2.14. The smallest absolute Gasteiger partial charge is 0.387 e. The molecule has 0 unspecified atom stereocenters. The lowest BCUT2D eigenvalue weighted by atomic mass is 10.1. The van der Waals surface area contributed by atoms with Gasteiger partial charge in [0.25, 0.3) is 5.22 Å². The van der Waals surface area contributed by atoms with Crippen LogP contribution in [0.1, 0.15) is 18.1 Å². The Bertz CT molecular complexity index is 1270. The van der Waals surface area contributed by atoms with Crippen molar-refractivity contribution in [3.63, 3.8) is 0 Å². The predicted molar refractivity (Wildman–Crippen MR) is 113 cm³/mol. The number of ether oxygens (including phenoxy) is 1. The van der Waals surface area contributed by atoms with E-state index in [-0.39, 0.29) is 11.6 Å². The zero-order valence-corrected chi connectivity index (χ0v) is 17.7. The summed E-state index contributed by atoms with van der Waals surface area (Å²) in [5, 5.41) is 9.61. The molecule has 0 saturated heterocycles. The van der Waals surface area contributed by atoms with E-state index in [1.54, 1.807) is 24.3 Å². The number of aromatic nitrogens is 2. The van der Waals surface area contributed by atoms with E-state index >= 15 is 0 Å². The van der Waals surface area contributed by atoms with E-state index < -0.39 is 12.2 Å². The van der Waals surface area contributed by atoms with Crippen molar-refractivity contribution in [2.24, 2.45) is 0 Å². The van der Waals surface area contributed by atoms with Crippen molar-refractivity contribution in [2.45, 2.75) is 30.9 Å². The third-order valence-electron chi connectivity index (χ3n) is 4.46. The minimum atomic E-state index is -2.89. The molecule has 0 spiro atoms. The van der Waals surface area contributed by atoms with Crippen molar-refractivity contribution in [3.05, 3.63) is 69.0 Å².